The summed E-state index contributed by atoms with van der Waals surface area (Å²) in [6, 6.07) is 74.8. The van der Waals surface area contributed by atoms with E-state index in [0.29, 0.717) is 0 Å². The van der Waals surface area contributed by atoms with E-state index in [2.05, 4.69) is 181 Å². The van der Waals surface area contributed by atoms with Gasteiger partial charge >= 0.3 is 0 Å². The van der Waals surface area contributed by atoms with Gasteiger partial charge in [-0.2, -0.15) is 0 Å². The maximum Gasteiger partial charge on any atom is 0.119 e. The first-order valence-corrected chi connectivity index (χ1v) is 27.6. The van der Waals surface area contributed by atoms with Crippen LogP contribution < -0.4 is 28.7 Å². The summed E-state index contributed by atoms with van der Waals surface area (Å²) in [7, 11) is 6.78. The predicted molar refractivity (Wildman–Crippen MR) is 326 cm³/mol. The fourth-order valence-corrected chi connectivity index (χ4v) is 12.3. The Hall–Kier alpha value is -8.49. The van der Waals surface area contributed by atoms with Gasteiger partial charge in [0.1, 0.15) is 23.0 Å². The van der Waals surface area contributed by atoms with Crippen LogP contribution in [-0.4, -0.2) is 38.4 Å². The minimum Gasteiger partial charge on any atom is -0.497 e. The van der Waals surface area contributed by atoms with Crippen molar-refractivity contribution in [3.8, 4) is 67.8 Å². The first-order chi connectivity index (χ1) is 39.2. The molecule has 0 unspecified atom stereocenters. The number of pyridine rings is 2. The summed E-state index contributed by atoms with van der Waals surface area (Å²) in [6.45, 7) is 9.21. The van der Waals surface area contributed by atoms with Crippen LogP contribution in [0.25, 0.3) is 44.8 Å². The van der Waals surface area contributed by atoms with Crippen molar-refractivity contribution in [2.24, 2.45) is 0 Å². The van der Waals surface area contributed by atoms with E-state index in [9.17, 15) is 0 Å². The van der Waals surface area contributed by atoms with Crippen molar-refractivity contribution in [2.45, 2.75) is 64.2 Å². The van der Waals surface area contributed by atoms with Gasteiger partial charge in [0.2, 0.25) is 0 Å². The summed E-state index contributed by atoms with van der Waals surface area (Å²) in [6.07, 6.45) is 7.70. The van der Waals surface area contributed by atoms with Crippen LogP contribution in [0.5, 0.6) is 23.0 Å². The van der Waals surface area contributed by atoms with E-state index in [1.165, 1.54) is 44.5 Å². The molecule has 0 saturated heterocycles. The zero-order chi connectivity index (χ0) is 55.4. The third kappa shape index (κ3) is 10.3. The monoisotopic (exact) mass is 1240 g/mol. The molecule has 8 nitrogen and oxygen atoms in total. The number of anilines is 6. The van der Waals surface area contributed by atoms with Gasteiger partial charge in [-0.15, -0.1) is 58.7 Å². The van der Waals surface area contributed by atoms with Gasteiger partial charge in [-0.3, -0.25) is 0 Å². The Bertz CT molecular complexity index is 3410. The van der Waals surface area contributed by atoms with Crippen LogP contribution in [0.15, 0.2) is 207 Å². The molecule has 2 aliphatic carbocycles. The summed E-state index contributed by atoms with van der Waals surface area (Å²) in [5.41, 5.74) is 20.8. The molecule has 0 saturated carbocycles. The maximum atomic E-state index is 5.44. The SMILES string of the molecule is CCC1(CC)c2cc(-c3ccccn3)[c-]cc2-c2ccc(N(c3ccc(OC)cc3)c3ccc(OC)cc3)cc21.CCC1(CC)c2cc(-c3ccccn3)[c-]cc2-c2ccc(N(c3ccc(OC)cc3)c3ccc(OC)cc3)cc21.[Ir]. The molecule has 2 heterocycles. The first kappa shape index (κ1) is 55.8. The van der Waals surface area contributed by atoms with Crippen LogP contribution in [0.2, 0.25) is 0 Å². The average Bonchev–Trinajstić information content (AvgIpc) is 4.21. The van der Waals surface area contributed by atoms with E-state index in [0.717, 1.165) is 105 Å². The normalized spacial score (nSPS) is 12.7. The molecule has 0 bridgehead atoms. The topological polar surface area (TPSA) is 69.2 Å². The van der Waals surface area contributed by atoms with E-state index < -0.39 is 0 Å². The Morgan fingerprint density at radius 2 is 0.654 bits per heavy atom. The van der Waals surface area contributed by atoms with E-state index in [-0.39, 0.29) is 30.9 Å². The summed E-state index contributed by atoms with van der Waals surface area (Å²) < 4.78 is 21.8. The Morgan fingerprint density at radius 3 is 0.926 bits per heavy atom. The molecule has 2 aliphatic rings. The quantitative estimate of drug-likeness (QED) is 0.0887. The number of methoxy groups -OCH3 is 4. The minimum atomic E-state index is -0.0925. The van der Waals surface area contributed by atoms with Crippen molar-refractivity contribution < 1.29 is 39.1 Å². The van der Waals surface area contributed by atoms with Gasteiger partial charge in [0, 0.05) is 77.5 Å². The molecular formula is C72H66IrN4O4-2. The van der Waals surface area contributed by atoms with E-state index in [4.69, 9.17) is 18.9 Å². The van der Waals surface area contributed by atoms with E-state index >= 15 is 0 Å². The molecule has 81 heavy (non-hydrogen) atoms. The summed E-state index contributed by atoms with van der Waals surface area (Å²) in [5, 5.41) is 0. The van der Waals surface area contributed by atoms with Crippen LogP contribution >= 0.6 is 0 Å². The first-order valence-electron chi connectivity index (χ1n) is 27.6. The van der Waals surface area contributed by atoms with Gasteiger partial charge in [0.05, 0.1) is 28.4 Å². The largest absolute Gasteiger partial charge is 0.497 e. The molecule has 409 valence electrons. The second kappa shape index (κ2) is 24.1. The maximum absolute atomic E-state index is 5.44. The molecule has 12 rings (SSSR count). The smallest absolute Gasteiger partial charge is 0.119 e. The van der Waals surface area contributed by atoms with Crippen molar-refractivity contribution in [2.75, 3.05) is 38.2 Å². The van der Waals surface area contributed by atoms with Gasteiger partial charge < -0.3 is 38.7 Å². The fourth-order valence-electron chi connectivity index (χ4n) is 12.3. The molecule has 8 aromatic carbocycles. The molecule has 0 aliphatic heterocycles. The molecule has 1 radical (unpaired) electrons. The number of fused-ring (bicyclic) bond motifs is 6. The van der Waals surface area contributed by atoms with E-state index in [1.807, 2.05) is 85.2 Å². The van der Waals surface area contributed by atoms with Crippen molar-refractivity contribution in [1.29, 1.82) is 0 Å². The second-order valence-corrected chi connectivity index (χ2v) is 20.3. The summed E-state index contributed by atoms with van der Waals surface area (Å²) in [5.74, 6) is 3.33. The number of benzene rings is 8. The summed E-state index contributed by atoms with van der Waals surface area (Å²) >= 11 is 0. The second-order valence-electron chi connectivity index (χ2n) is 20.3. The van der Waals surface area contributed by atoms with Crippen LogP contribution in [0.3, 0.4) is 0 Å². The molecule has 0 spiro atoms. The molecule has 10 aromatic rings. The third-order valence-electron chi connectivity index (χ3n) is 16.7. The van der Waals surface area contributed by atoms with Gasteiger partial charge in [0.15, 0.2) is 0 Å². The third-order valence-corrected chi connectivity index (χ3v) is 16.7. The van der Waals surface area contributed by atoms with Crippen LogP contribution in [0.4, 0.5) is 34.1 Å². The Balaban J connectivity index is 0.000000180. The number of hydrogen-bond donors (Lipinski definition) is 0. The molecule has 0 atom stereocenters. The zero-order valence-electron chi connectivity index (χ0n) is 47.2. The molecule has 9 heteroatoms. The minimum absolute atomic E-state index is 0. The Kier molecular flexibility index (Phi) is 16.6. The van der Waals surface area contributed by atoms with E-state index in [1.54, 1.807) is 28.4 Å². The van der Waals surface area contributed by atoms with Crippen LogP contribution in [-0.2, 0) is 30.9 Å². The molecular weight excluding hydrogens is 1180 g/mol. The molecule has 0 amide bonds. The van der Waals surface area contributed by atoms with Crippen LogP contribution in [0.1, 0.15) is 75.6 Å². The average molecular weight is 1240 g/mol. The zero-order valence-corrected chi connectivity index (χ0v) is 49.6. The Morgan fingerprint density at radius 1 is 0.358 bits per heavy atom. The van der Waals surface area contributed by atoms with Gasteiger partial charge in [-0.25, -0.2) is 0 Å². The molecule has 0 N–H and O–H groups in total. The van der Waals surface area contributed by atoms with Gasteiger partial charge in [0.25, 0.3) is 0 Å². The number of aromatic nitrogens is 2. The number of ether oxygens (including phenoxy) is 4. The van der Waals surface area contributed by atoms with Crippen molar-refractivity contribution in [3.63, 3.8) is 0 Å². The van der Waals surface area contributed by atoms with Gasteiger partial charge in [-0.1, -0.05) is 86.3 Å². The molecule has 2 aromatic heterocycles. The van der Waals surface area contributed by atoms with Crippen LogP contribution in [0, 0.1) is 12.1 Å². The number of nitrogens with zero attached hydrogens (tertiary/aromatic N) is 4. The van der Waals surface area contributed by atoms with Crippen molar-refractivity contribution in [3.05, 3.63) is 241 Å². The molecule has 0 fully saturated rings. The Labute approximate surface area is 491 Å². The predicted octanol–water partition coefficient (Wildman–Crippen LogP) is 18.2. The standard InChI is InChI=1S/2C36H33N2O2.Ir/c2*1-5-36(6-2)33-23-25(35-9-7-8-22-37-35)10-20-31(33)32-21-15-28(24-34(32)36)38(26-11-16-29(39-3)17-12-26)27-13-18-30(40-4)19-14-27;/h2*7-9,11-24H,5-6H2,1-4H3;/q2*-1;. The van der Waals surface area contributed by atoms with Gasteiger partial charge in [-0.05, 0) is 182 Å². The van der Waals surface area contributed by atoms with Crippen molar-refractivity contribution in [1.82, 2.24) is 9.97 Å². The fraction of sp³-hybridized carbons (Fsp3) is 0.194. The number of rotatable bonds is 16. The van der Waals surface area contributed by atoms with Crippen molar-refractivity contribution >= 4 is 34.1 Å². The summed E-state index contributed by atoms with van der Waals surface area (Å²) in [4.78, 5) is 13.8. The number of hydrogen-bond acceptors (Lipinski definition) is 8.